The van der Waals surface area contributed by atoms with E-state index in [1.54, 1.807) is 0 Å². The zero-order valence-corrected chi connectivity index (χ0v) is 12.1. The third kappa shape index (κ3) is 3.36. The standard InChI is InChI=1S/C17H18N2S/c1-2-8-15(9-3-1)18-11-6-12-20-17-13-14-7-4-5-10-16(14)19-17/h1-5,7-10,13,18-19H,6,11-12H2. The van der Waals surface area contributed by atoms with Gasteiger partial charge < -0.3 is 10.3 Å². The largest absolute Gasteiger partial charge is 0.385 e. The van der Waals surface area contributed by atoms with Crippen LogP contribution in [-0.4, -0.2) is 17.3 Å². The number of thioether (sulfide) groups is 1. The molecule has 3 rings (SSSR count). The molecule has 0 saturated heterocycles. The molecule has 0 unspecified atom stereocenters. The highest BCUT2D eigenvalue weighted by atomic mass is 32.2. The Bertz CT molecular complexity index is 628. The lowest BCUT2D eigenvalue weighted by atomic mass is 10.3. The zero-order valence-electron chi connectivity index (χ0n) is 11.3. The number of fused-ring (bicyclic) bond motifs is 1. The lowest BCUT2D eigenvalue weighted by Gasteiger charge is -2.05. The Morgan fingerprint density at radius 1 is 0.950 bits per heavy atom. The third-order valence-corrected chi connectivity index (χ3v) is 4.21. The first-order chi connectivity index (χ1) is 9.92. The molecule has 0 bridgehead atoms. The zero-order chi connectivity index (χ0) is 13.6. The van der Waals surface area contributed by atoms with Crippen LogP contribution in [0.4, 0.5) is 5.69 Å². The molecule has 2 nitrogen and oxygen atoms in total. The molecule has 0 fully saturated rings. The number of H-pyrrole nitrogens is 1. The van der Waals surface area contributed by atoms with E-state index in [-0.39, 0.29) is 0 Å². The van der Waals surface area contributed by atoms with Crippen LogP contribution in [0.5, 0.6) is 0 Å². The van der Waals surface area contributed by atoms with Crippen molar-refractivity contribution in [2.75, 3.05) is 17.6 Å². The fourth-order valence-electron chi connectivity index (χ4n) is 2.17. The number of hydrogen-bond donors (Lipinski definition) is 2. The van der Waals surface area contributed by atoms with Gasteiger partial charge in [-0.2, -0.15) is 0 Å². The lowest BCUT2D eigenvalue weighted by molar-refractivity contribution is 0.989. The molecule has 0 aliphatic rings. The Balaban J connectivity index is 1.43. The topological polar surface area (TPSA) is 27.8 Å². The average Bonchev–Trinajstić information content (AvgIpc) is 2.90. The van der Waals surface area contributed by atoms with Gasteiger partial charge in [-0.15, -0.1) is 11.8 Å². The Hall–Kier alpha value is -1.87. The molecular formula is C17H18N2S. The Morgan fingerprint density at radius 2 is 1.75 bits per heavy atom. The minimum Gasteiger partial charge on any atom is -0.385 e. The van der Waals surface area contributed by atoms with Crippen molar-refractivity contribution in [1.82, 2.24) is 4.98 Å². The van der Waals surface area contributed by atoms with Crippen LogP contribution in [0.15, 0.2) is 65.7 Å². The average molecular weight is 282 g/mol. The molecule has 2 N–H and O–H groups in total. The maximum absolute atomic E-state index is 3.45. The van der Waals surface area contributed by atoms with Crippen LogP contribution in [0.3, 0.4) is 0 Å². The molecule has 20 heavy (non-hydrogen) atoms. The summed E-state index contributed by atoms with van der Waals surface area (Å²) in [6, 6.07) is 21.0. The monoisotopic (exact) mass is 282 g/mol. The molecular weight excluding hydrogens is 264 g/mol. The molecule has 0 spiro atoms. The molecule has 0 amide bonds. The second-order valence-electron chi connectivity index (χ2n) is 4.72. The van der Waals surface area contributed by atoms with E-state index in [4.69, 9.17) is 0 Å². The van der Waals surface area contributed by atoms with Gasteiger partial charge in [0.15, 0.2) is 0 Å². The maximum atomic E-state index is 3.45. The number of aromatic amines is 1. The highest BCUT2D eigenvalue weighted by molar-refractivity contribution is 7.99. The lowest BCUT2D eigenvalue weighted by Crippen LogP contribution is -2.02. The third-order valence-electron chi connectivity index (χ3n) is 3.19. The highest BCUT2D eigenvalue weighted by Crippen LogP contribution is 2.23. The Morgan fingerprint density at radius 3 is 2.60 bits per heavy atom. The summed E-state index contributed by atoms with van der Waals surface area (Å²) in [7, 11) is 0. The van der Waals surface area contributed by atoms with Crippen LogP contribution in [0.25, 0.3) is 10.9 Å². The van der Waals surface area contributed by atoms with E-state index < -0.39 is 0 Å². The van der Waals surface area contributed by atoms with Crippen LogP contribution < -0.4 is 5.32 Å². The number of hydrogen-bond acceptors (Lipinski definition) is 2. The fourth-order valence-corrected chi connectivity index (χ4v) is 3.07. The van der Waals surface area contributed by atoms with Gasteiger partial charge in [0.1, 0.15) is 0 Å². The molecule has 0 radical (unpaired) electrons. The van der Waals surface area contributed by atoms with E-state index in [1.165, 1.54) is 21.6 Å². The van der Waals surface area contributed by atoms with E-state index in [1.807, 2.05) is 17.8 Å². The van der Waals surface area contributed by atoms with Crippen molar-refractivity contribution in [3.05, 3.63) is 60.7 Å². The molecule has 1 aromatic heterocycles. The summed E-state index contributed by atoms with van der Waals surface area (Å²) in [4.78, 5) is 3.45. The predicted molar refractivity (Wildman–Crippen MR) is 88.6 cm³/mol. The minimum atomic E-state index is 1.01. The SMILES string of the molecule is c1ccc(NCCCSc2cc3ccccc3[nH]2)cc1. The normalized spacial score (nSPS) is 10.8. The number of para-hydroxylation sites is 2. The van der Waals surface area contributed by atoms with Crippen molar-refractivity contribution >= 4 is 28.4 Å². The van der Waals surface area contributed by atoms with Crippen molar-refractivity contribution in [1.29, 1.82) is 0 Å². The molecule has 3 heteroatoms. The maximum Gasteiger partial charge on any atom is 0.0732 e. The van der Waals surface area contributed by atoms with E-state index >= 15 is 0 Å². The molecule has 0 atom stereocenters. The molecule has 2 aromatic carbocycles. The van der Waals surface area contributed by atoms with Gasteiger partial charge in [-0.3, -0.25) is 0 Å². The van der Waals surface area contributed by atoms with Crippen LogP contribution in [0, 0.1) is 0 Å². The number of anilines is 1. The first-order valence-electron chi connectivity index (χ1n) is 6.91. The van der Waals surface area contributed by atoms with Crippen molar-refractivity contribution in [3.8, 4) is 0 Å². The van der Waals surface area contributed by atoms with Crippen LogP contribution in [0.2, 0.25) is 0 Å². The van der Waals surface area contributed by atoms with E-state index in [9.17, 15) is 0 Å². The van der Waals surface area contributed by atoms with Crippen LogP contribution in [-0.2, 0) is 0 Å². The number of aromatic nitrogens is 1. The molecule has 3 aromatic rings. The van der Waals surface area contributed by atoms with E-state index in [0.29, 0.717) is 0 Å². The Labute approximate surface area is 123 Å². The first kappa shape index (κ1) is 13.1. The van der Waals surface area contributed by atoms with E-state index in [2.05, 4.69) is 64.9 Å². The van der Waals surface area contributed by atoms with Crippen LogP contribution in [0.1, 0.15) is 6.42 Å². The van der Waals surface area contributed by atoms with Gasteiger partial charge in [-0.25, -0.2) is 0 Å². The van der Waals surface area contributed by atoms with Gasteiger partial charge in [0.25, 0.3) is 0 Å². The second kappa shape index (κ2) is 6.53. The molecule has 0 aliphatic heterocycles. The summed E-state index contributed by atoms with van der Waals surface area (Å²) in [6.45, 7) is 1.01. The van der Waals surface area contributed by atoms with Crippen molar-refractivity contribution in [2.24, 2.45) is 0 Å². The summed E-state index contributed by atoms with van der Waals surface area (Å²) in [5.41, 5.74) is 2.42. The van der Waals surface area contributed by atoms with E-state index in [0.717, 1.165) is 18.7 Å². The van der Waals surface area contributed by atoms with Gasteiger partial charge in [-0.1, -0.05) is 36.4 Å². The van der Waals surface area contributed by atoms with Gasteiger partial charge >= 0.3 is 0 Å². The smallest absolute Gasteiger partial charge is 0.0732 e. The Kier molecular flexibility index (Phi) is 4.28. The number of benzene rings is 2. The number of nitrogens with one attached hydrogen (secondary N) is 2. The summed E-state index contributed by atoms with van der Waals surface area (Å²) in [5, 5.41) is 5.98. The quantitative estimate of drug-likeness (QED) is 0.504. The van der Waals surface area contributed by atoms with Gasteiger partial charge in [0.2, 0.25) is 0 Å². The van der Waals surface area contributed by atoms with Crippen molar-refractivity contribution < 1.29 is 0 Å². The van der Waals surface area contributed by atoms with Crippen molar-refractivity contribution in [2.45, 2.75) is 11.4 Å². The van der Waals surface area contributed by atoms with Crippen molar-refractivity contribution in [3.63, 3.8) is 0 Å². The molecule has 1 heterocycles. The highest BCUT2D eigenvalue weighted by Gasteiger charge is 2.00. The predicted octanol–water partition coefficient (Wildman–Crippen LogP) is 4.76. The fraction of sp³-hybridized carbons (Fsp3) is 0.176. The first-order valence-corrected chi connectivity index (χ1v) is 7.90. The molecule has 0 aliphatic carbocycles. The summed E-state index contributed by atoms with van der Waals surface area (Å²) >= 11 is 1.89. The minimum absolute atomic E-state index is 1.01. The summed E-state index contributed by atoms with van der Waals surface area (Å²) in [6.07, 6.45) is 1.15. The molecule has 102 valence electrons. The summed E-state index contributed by atoms with van der Waals surface area (Å²) < 4.78 is 0. The van der Waals surface area contributed by atoms with Gasteiger partial charge in [0.05, 0.1) is 5.03 Å². The summed E-state index contributed by atoms with van der Waals surface area (Å²) in [5.74, 6) is 1.12. The van der Waals surface area contributed by atoms with Gasteiger partial charge in [-0.05, 0) is 30.7 Å². The van der Waals surface area contributed by atoms with Crippen LogP contribution >= 0.6 is 11.8 Å². The molecule has 0 saturated carbocycles. The number of rotatable bonds is 6. The second-order valence-corrected chi connectivity index (χ2v) is 5.85. The van der Waals surface area contributed by atoms with Gasteiger partial charge in [0, 0.05) is 28.9 Å².